The fourth-order valence-electron chi connectivity index (χ4n) is 3.91. The molecule has 0 radical (unpaired) electrons. The number of anilines is 1. The van der Waals surface area contributed by atoms with E-state index in [4.69, 9.17) is 9.47 Å². The summed E-state index contributed by atoms with van der Waals surface area (Å²) >= 11 is 0. The van der Waals surface area contributed by atoms with E-state index in [-0.39, 0.29) is 28.3 Å². The Hall–Kier alpha value is -4.47. The second-order valence-electron chi connectivity index (χ2n) is 9.56. The summed E-state index contributed by atoms with van der Waals surface area (Å²) < 4.78 is 29.3. The van der Waals surface area contributed by atoms with Crippen LogP contribution < -0.4 is 10.1 Å². The highest BCUT2D eigenvalue weighted by Crippen LogP contribution is 2.32. The monoisotopic (exact) mass is 506 g/mol. The summed E-state index contributed by atoms with van der Waals surface area (Å²) in [5.41, 5.74) is 0.166. The van der Waals surface area contributed by atoms with Crippen LogP contribution in [-0.2, 0) is 11.8 Å². The van der Waals surface area contributed by atoms with E-state index in [0.29, 0.717) is 22.2 Å². The quantitative estimate of drug-likeness (QED) is 0.380. The number of rotatable bonds is 5. The highest BCUT2D eigenvalue weighted by Gasteiger charge is 2.24. The van der Waals surface area contributed by atoms with Crippen molar-refractivity contribution in [3.8, 4) is 16.9 Å². The van der Waals surface area contributed by atoms with E-state index < -0.39 is 23.3 Å². The zero-order chi connectivity index (χ0) is 27.1. The normalized spacial score (nSPS) is 11.4. The predicted molar refractivity (Wildman–Crippen MR) is 137 cm³/mol. The van der Waals surface area contributed by atoms with Gasteiger partial charge in [-0.15, -0.1) is 0 Å². The van der Waals surface area contributed by atoms with Gasteiger partial charge >= 0.3 is 5.97 Å². The summed E-state index contributed by atoms with van der Waals surface area (Å²) in [6.45, 7) is 6.53. The van der Waals surface area contributed by atoms with Crippen LogP contribution in [0.1, 0.15) is 53.2 Å². The number of fused-ring (bicyclic) bond motifs is 1. The maximum absolute atomic E-state index is 15.7. The molecule has 0 fully saturated rings. The molecule has 2 aromatic carbocycles. The van der Waals surface area contributed by atoms with Crippen molar-refractivity contribution in [3.63, 3.8) is 0 Å². The van der Waals surface area contributed by atoms with Gasteiger partial charge in [0.05, 0.1) is 35.6 Å². The number of carbonyl (C=O) groups excluding carboxylic acids is 3. The molecule has 0 saturated heterocycles. The molecule has 0 spiro atoms. The number of halogens is 1. The average Bonchev–Trinajstić information content (AvgIpc) is 3.42. The van der Waals surface area contributed by atoms with Crippen molar-refractivity contribution in [1.82, 2.24) is 14.3 Å². The average molecular weight is 507 g/mol. The molecule has 0 aliphatic rings. The van der Waals surface area contributed by atoms with Crippen molar-refractivity contribution in [1.29, 1.82) is 0 Å². The molecule has 192 valence electrons. The smallest absolute Gasteiger partial charge is 0.338 e. The second kappa shape index (κ2) is 9.53. The van der Waals surface area contributed by atoms with Crippen molar-refractivity contribution in [2.45, 2.75) is 33.3 Å². The van der Waals surface area contributed by atoms with Crippen LogP contribution in [0.2, 0.25) is 0 Å². The Kier molecular flexibility index (Phi) is 6.60. The standard InChI is InChI=1S/C27H27FN4O5/c1-15(33)32-14-21(20-11-18(36-6)7-8-23(20)32)25(34)30-22-10-16(26(35)37-27(2,3)4)9-19(24(22)28)17-12-29-31(5)13-17/h7-14H,1-6H3,(H,30,34). The van der Waals surface area contributed by atoms with Gasteiger partial charge in [-0.2, -0.15) is 5.10 Å². The maximum Gasteiger partial charge on any atom is 0.338 e. The van der Waals surface area contributed by atoms with Crippen molar-refractivity contribution >= 4 is 34.4 Å². The third-order valence-electron chi connectivity index (χ3n) is 5.57. The molecule has 1 N–H and O–H groups in total. The molecule has 4 aromatic rings. The van der Waals surface area contributed by atoms with Crippen LogP contribution in [0.25, 0.3) is 22.0 Å². The van der Waals surface area contributed by atoms with E-state index in [9.17, 15) is 14.4 Å². The van der Waals surface area contributed by atoms with E-state index in [0.717, 1.165) is 0 Å². The molecule has 2 heterocycles. The van der Waals surface area contributed by atoms with Gasteiger partial charge in [-0.3, -0.25) is 18.8 Å². The molecule has 0 aliphatic heterocycles. The lowest BCUT2D eigenvalue weighted by atomic mass is 10.0. The van der Waals surface area contributed by atoms with Crippen molar-refractivity contribution in [3.05, 3.63) is 65.9 Å². The van der Waals surface area contributed by atoms with Gasteiger partial charge in [-0.25, -0.2) is 9.18 Å². The molecule has 0 bridgehead atoms. The molecule has 0 atom stereocenters. The first kappa shape index (κ1) is 25.6. The largest absolute Gasteiger partial charge is 0.497 e. The summed E-state index contributed by atoms with van der Waals surface area (Å²) in [7, 11) is 3.17. The van der Waals surface area contributed by atoms with Crippen LogP contribution in [0.5, 0.6) is 5.75 Å². The molecule has 9 nitrogen and oxygen atoms in total. The third kappa shape index (κ3) is 5.23. The van der Waals surface area contributed by atoms with E-state index in [1.807, 2.05) is 0 Å². The fraction of sp³-hybridized carbons (Fsp3) is 0.259. The van der Waals surface area contributed by atoms with Crippen LogP contribution in [0, 0.1) is 5.82 Å². The summed E-state index contributed by atoms with van der Waals surface area (Å²) in [5, 5.41) is 7.09. The van der Waals surface area contributed by atoms with Crippen LogP contribution in [0.3, 0.4) is 0 Å². The van der Waals surface area contributed by atoms with E-state index >= 15 is 4.39 Å². The predicted octanol–water partition coefficient (Wildman–Crippen LogP) is 5.06. The number of amides is 1. The number of hydrogen-bond acceptors (Lipinski definition) is 6. The Labute approximate surface area is 212 Å². The number of aromatic nitrogens is 3. The number of aryl methyl sites for hydroxylation is 1. The van der Waals surface area contributed by atoms with Gasteiger partial charge in [0.15, 0.2) is 5.82 Å². The number of nitrogens with zero attached hydrogens (tertiary/aromatic N) is 3. The highest BCUT2D eigenvalue weighted by atomic mass is 19.1. The summed E-state index contributed by atoms with van der Waals surface area (Å²) in [6, 6.07) is 7.55. The van der Waals surface area contributed by atoms with E-state index in [2.05, 4.69) is 10.4 Å². The van der Waals surface area contributed by atoms with E-state index in [1.54, 1.807) is 52.2 Å². The number of carbonyl (C=O) groups is 3. The zero-order valence-corrected chi connectivity index (χ0v) is 21.4. The van der Waals surface area contributed by atoms with Gasteiger partial charge in [0.1, 0.15) is 11.4 Å². The lowest BCUT2D eigenvalue weighted by Crippen LogP contribution is -2.24. The molecule has 2 aromatic heterocycles. The molecule has 10 heteroatoms. The third-order valence-corrected chi connectivity index (χ3v) is 5.57. The highest BCUT2D eigenvalue weighted by molar-refractivity contribution is 6.15. The first-order valence-electron chi connectivity index (χ1n) is 11.4. The van der Waals surface area contributed by atoms with Gasteiger partial charge in [0.25, 0.3) is 5.91 Å². The minimum Gasteiger partial charge on any atom is -0.497 e. The van der Waals surface area contributed by atoms with Gasteiger partial charge in [0, 0.05) is 42.9 Å². The molecule has 37 heavy (non-hydrogen) atoms. The van der Waals surface area contributed by atoms with E-state index in [1.165, 1.54) is 47.8 Å². The molecule has 0 aliphatic carbocycles. The first-order chi connectivity index (χ1) is 17.4. The van der Waals surface area contributed by atoms with Crippen LogP contribution >= 0.6 is 0 Å². The molecule has 4 rings (SSSR count). The lowest BCUT2D eigenvalue weighted by Gasteiger charge is -2.20. The summed E-state index contributed by atoms with van der Waals surface area (Å²) in [5.74, 6) is -1.91. The van der Waals surface area contributed by atoms with Crippen molar-refractivity contribution in [2.24, 2.45) is 7.05 Å². The van der Waals surface area contributed by atoms with Crippen molar-refractivity contribution in [2.75, 3.05) is 12.4 Å². The molecule has 0 saturated carbocycles. The summed E-state index contributed by atoms with van der Waals surface area (Å²) in [4.78, 5) is 38.4. The Morgan fingerprint density at radius 3 is 2.41 bits per heavy atom. The van der Waals surface area contributed by atoms with Gasteiger partial charge in [-0.05, 0) is 51.1 Å². The van der Waals surface area contributed by atoms with Gasteiger partial charge in [-0.1, -0.05) is 0 Å². The van der Waals surface area contributed by atoms with Crippen LogP contribution in [0.15, 0.2) is 48.9 Å². The Morgan fingerprint density at radius 1 is 1.08 bits per heavy atom. The molecular formula is C27H27FN4O5. The number of methoxy groups -OCH3 is 1. The Balaban J connectivity index is 1.82. The Morgan fingerprint density at radius 2 is 1.81 bits per heavy atom. The Bertz CT molecular complexity index is 1540. The first-order valence-corrected chi connectivity index (χ1v) is 11.4. The van der Waals surface area contributed by atoms with Gasteiger partial charge < -0.3 is 14.8 Å². The number of hydrogen-bond donors (Lipinski definition) is 1. The fourth-order valence-corrected chi connectivity index (χ4v) is 3.91. The SMILES string of the molecule is COc1ccc2c(c1)c(C(=O)Nc1cc(C(=O)OC(C)(C)C)cc(-c3cnn(C)c3)c1F)cn2C(C)=O. The molecular weight excluding hydrogens is 479 g/mol. The maximum atomic E-state index is 15.7. The molecule has 1 amide bonds. The topological polar surface area (TPSA) is 104 Å². The van der Waals surface area contributed by atoms with Crippen LogP contribution in [0.4, 0.5) is 10.1 Å². The number of nitrogens with one attached hydrogen (secondary N) is 1. The molecule has 0 unspecified atom stereocenters. The second-order valence-corrected chi connectivity index (χ2v) is 9.56. The number of esters is 1. The van der Waals surface area contributed by atoms with Crippen LogP contribution in [-0.4, -0.2) is 44.8 Å². The number of benzene rings is 2. The van der Waals surface area contributed by atoms with Crippen molar-refractivity contribution < 1.29 is 28.2 Å². The minimum absolute atomic E-state index is 0.0540. The minimum atomic E-state index is -0.781. The number of ether oxygens (including phenoxy) is 2. The zero-order valence-electron chi connectivity index (χ0n) is 21.4. The lowest BCUT2D eigenvalue weighted by molar-refractivity contribution is 0.00693. The summed E-state index contributed by atoms with van der Waals surface area (Å²) in [6.07, 6.45) is 4.44. The van der Waals surface area contributed by atoms with Gasteiger partial charge in [0.2, 0.25) is 5.91 Å².